The fourth-order valence-electron chi connectivity index (χ4n) is 4.55. The third kappa shape index (κ3) is 2.71. The van der Waals surface area contributed by atoms with E-state index in [9.17, 15) is 9.59 Å². The number of rotatable bonds is 3. The molecule has 1 saturated heterocycles. The number of hydrogen-bond acceptors (Lipinski definition) is 3. The zero-order valence-corrected chi connectivity index (χ0v) is 13.9. The summed E-state index contributed by atoms with van der Waals surface area (Å²) < 4.78 is 0. The zero-order chi connectivity index (χ0) is 16.7. The van der Waals surface area contributed by atoms with Gasteiger partial charge in [-0.3, -0.25) is 14.8 Å². The summed E-state index contributed by atoms with van der Waals surface area (Å²) in [4.78, 5) is 26.2. The van der Waals surface area contributed by atoms with E-state index in [4.69, 9.17) is 5.21 Å². The maximum absolute atomic E-state index is 12.5. The Balaban J connectivity index is 1.52. The van der Waals surface area contributed by atoms with Gasteiger partial charge in [-0.05, 0) is 61.3 Å². The number of carbonyl (C=O) groups is 2. The Morgan fingerprint density at radius 3 is 2.83 bits per heavy atom. The Morgan fingerprint density at radius 2 is 2.12 bits per heavy atom. The molecule has 128 valence electrons. The van der Waals surface area contributed by atoms with Crippen LogP contribution < -0.4 is 5.48 Å². The first-order chi connectivity index (χ1) is 11.6. The van der Waals surface area contributed by atoms with E-state index in [1.54, 1.807) is 11.5 Å². The monoisotopic (exact) mass is 328 g/mol. The highest BCUT2D eigenvalue weighted by Crippen LogP contribution is 2.44. The number of aryl methyl sites for hydroxylation is 1. The van der Waals surface area contributed by atoms with E-state index in [1.807, 2.05) is 12.1 Å². The first kappa shape index (κ1) is 15.6. The highest BCUT2D eigenvalue weighted by molar-refractivity contribution is 5.93. The fourth-order valence-corrected chi connectivity index (χ4v) is 4.55. The van der Waals surface area contributed by atoms with Crippen molar-refractivity contribution in [2.45, 2.75) is 44.9 Å². The molecule has 2 aliphatic carbocycles. The lowest BCUT2D eigenvalue weighted by Gasteiger charge is -2.35. The molecule has 1 aromatic carbocycles. The van der Waals surface area contributed by atoms with Crippen molar-refractivity contribution in [3.05, 3.63) is 34.9 Å². The predicted octanol–water partition coefficient (Wildman–Crippen LogP) is 2.31. The number of carbonyl (C=O) groups excluding carboxylic acids is 2. The van der Waals surface area contributed by atoms with E-state index < -0.39 is 5.91 Å². The second-order valence-corrected chi connectivity index (χ2v) is 7.85. The van der Waals surface area contributed by atoms with Crippen molar-refractivity contribution in [3.63, 3.8) is 0 Å². The first-order valence-electron chi connectivity index (χ1n) is 8.93. The van der Waals surface area contributed by atoms with Crippen LogP contribution in [-0.4, -0.2) is 35.0 Å². The third-order valence-corrected chi connectivity index (χ3v) is 6.17. The zero-order valence-electron chi connectivity index (χ0n) is 13.9. The lowest BCUT2D eigenvalue weighted by Crippen LogP contribution is -2.37. The van der Waals surface area contributed by atoms with Crippen molar-refractivity contribution >= 4 is 11.8 Å². The average Bonchev–Trinajstić information content (AvgIpc) is 2.84. The van der Waals surface area contributed by atoms with E-state index >= 15 is 0 Å². The van der Waals surface area contributed by atoms with E-state index in [0.29, 0.717) is 23.8 Å². The third-order valence-electron chi connectivity index (χ3n) is 6.17. The molecule has 1 heterocycles. The minimum Gasteiger partial charge on any atom is -0.342 e. The van der Waals surface area contributed by atoms with Gasteiger partial charge in [0.2, 0.25) is 5.91 Å². The Kier molecular flexibility index (Phi) is 3.83. The van der Waals surface area contributed by atoms with Gasteiger partial charge in [-0.25, -0.2) is 5.48 Å². The Bertz CT molecular complexity index is 683. The lowest BCUT2D eigenvalue weighted by molar-refractivity contribution is -0.128. The molecule has 5 heteroatoms. The standard InChI is InChI=1S/C19H24N2O3/c22-17-10-19(12-21(17)11-13-2-1-3-13)7-6-14-4-5-15(18(23)20-24)8-16(14)9-19/h4-5,8,13,24H,1-3,6-7,9-12H2,(H,20,23). The topological polar surface area (TPSA) is 69.6 Å². The Morgan fingerprint density at radius 1 is 1.29 bits per heavy atom. The molecule has 1 spiro atoms. The molecule has 0 radical (unpaired) electrons. The van der Waals surface area contributed by atoms with E-state index in [0.717, 1.165) is 37.9 Å². The van der Waals surface area contributed by atoms with E-state index in [2.05, 4.69) is 4.90 Å². The van der Waals surface area contributed by atoms with Crippen LogP contribution in [0.25, 0.3) is 0 Å². The predicted molar refractivity (Wildman–Crippen MR) is 88.7 cm³/mol. The maximum atomic E-state index is 12.5. The van der Waals surface area contributed by atoms with Gasteiger partial charge >= 0.3 is 0 Å². The second-order valence-electron chi connectivity index (χ2n) is 7.85. The number of likely N-dealkylation sites (tertiary alicyclic amines) is 1. The molecule has 24 heavy (non-hydrogen) atoms. The van der Waals surface area contributed by atoms with Crippen LogP contribution in [0, 0.1) is 11.3 Å². The summed E-state index contributed by atoms with van der Waals surface area (Å²) in [5, 5.41) is 8.83. The van der Waals surface area contributed by atoms with Gasteiger partial charge in [0.15, 0.2) is 0 Å². The number of nitrogens with zero attached hydrogens (tertiary/aromatic N) is 1. The maximum Gasteiger partial charge on any atom is 0.274 e. The molecule has 5 nitrogen and oxygen atoms in total. The summed E-state index contributed by atoms with van der Waals surface area (Å²) in [6, 6.07) is 5.61. The van der Waals surface area contributed by atoms with Crippen molar-refractivity contribution < 1.29 is 14.8 Å². The summed E-state index contributed by atoms with van der Waals surface area (Å²) in [6.45, 7) is 1.79. The van der Waals surface area contributed by atoms with Crippen LogP contribution in [0.5, 0.6) is 0 Å². The van der Waals surface area contributed by atoms with Crippen molar-refractivity contribution in [2.75, 3.05) is 13.1 Å². The molecule has 2 N–H and O–H groups in total. The molecule has 2 fully saturated rings. The van der Waals surface area contributed by atoms with Crippen molar-refractivity contribution in [1.82, 2.24) is 10.4 Å². The molecule has 1 aliphatic heterocycles. The van der Waals surface area contributed by atoms with Gasteiger partial charge in [0.1, 0.15) is 0 Å². The largest absolute Gasteiger partial charge is 0.342 e. The number of nitrogens with one attached hydrogen (secondary N) is 1. The normalized spacial score (nSPS) is 26.4. The van der Waals surface area contributed by atoms with Crippen molar-refractivity contribution in [2.24, 2.45) is 11.3 Å². The van der Waals surface area contributed by atoms with E-state index in [-0.39, 0.29) is 5.41 Å². The highest BCUT2D eigenvalue weighted by Gasteiger charge is 2.45. The van der Waals surface area contributed by atoms with Gasteiger partial charge in [0.25, 0.3) is 5.91 Å². The lowest BCUT2D eigenvalue weighted by atomic mass is 9.70. The second kappa shape index (κ2) is 5.88. The van der Waals surface area contributed by atoms with Crippen LogP contribution in [0.4, 0.5) is 0 Å². The van der Waals surface area contributed by atoms with E-state index in [1.165, 1.54) is 24.8 Å². The molecule has 1 aromatic rings. The summed E-state index contributed by atoms with van der Waals surface area (Å²) >= 11 is 0. The Labute approximate surface area is 142 Å². The van der Waals surface area contributed by atoms with Crippen molar-refractivity contribution in [1.29, 1.82) is 0 Å². The molecule has 1 atom stereocenters. The minimum atomic E-state index is -0.480. The summed E-state index contributed by atoms with van der Waals surface area (Å²) in [5.41, 5.74) is 4.62. The van der Waals surface area contributed by atoms with Crippen LogP contribution in [0.2, 0.25) is 0 Å². The molecule has 4 rings (SSSR count). The van der Waals surface area contributed by atoms with Gasteiger partial charge in [-0.1, -0.05) is 12.5 Å². The highest BCUT2D eigenvalue weighted by atomic mass is 16.5. The van der Waals surface area contributed by atoms with Crippen LogP contribution in [-0.2, 0) is 17.6 Å². The van der Waals surface area contributed by atoms with Gasteiger partial charge in [-0.15, -0.1) is 0 Å². The van der Waals surface area contributed by atoms with Crippen LogP contribution in [0.1, 0.15) is 53.6 Å². The molecule has 2 amide bonds. The minimum absolute atomic E-state index is 0.0299. The molecular weight excluding hydrogens is 304 g/mol. The average molecular weight is 328 g/mol. The smallest absolute Gasteiger partial charge is 0.274 e. The quantitative estimate of drug-likeness (QED) is 0.661. The molecule has 0 aromatic heterocycles. The van der Waals surface area contributed by atoms with Crippen LogP contribution in [0.3, 0.4) is 0 Å². The van der Waals surface area contributed by atoms with Gasteiger partial charge in [0, 0.05) is 30.5 Å². The molecule has 1 saturated carbocycles. The molecule has 1 unspecified atom stereocenters. The first-order valence-corrected chi connectivity index (χ1v) is 8.93. The van der Waals surface area contributed by atoms with Gasteiger partial charge < -0.3 is 4.90 Å². The van der Waals surface area contributed by atoms with Gasteiger partial charge in [-0.2, -0.15) is 0 Å². The number of amides is 2. The molecular formula is C19H24N2O3. The molecule has 3 aliphatic rings. The number of hydrogen-bond donors (Lipinski definition) is 2. The number of fused-ring (bicyclic) bond motifs is 1. The Hall–Kier alpha value is -1.88. The van der Waals surface area contributed by atoms with Gasteiger partial charge in [0.05, 0.1) is 0 Å². The molecule has 0 bridgehead atoms. The van der Waals surface area contributed by atoms with Crippen molar-refractivity contribution in [3.8, 4) is 0 Å². The summed E-state index contributed by atoms with van der Waals surface area (Å²) in [7, 11) is 0. The van der Waals surface area contributed by atoms with Crippen LogP contribution >= 0.6 is 0 Å². The number of hydroxylamine groups is 1. The fraction of sp³-hybridized carbons (Fsp3) is 0.579. The summed E-state index contributed by atoms with van der Waals surface area (Å²) in [6.07, 6.45) is 7.32. The number of benzene rings is 1. The summed E-state index contributed by atoms with van der Waals surface area (Å²) in [5.74, 6) is 0.529. The SMILES string of the molecule is O=C(NO)c1ccc2c(c1)CC1(CC2)CC(=O)N(CC2CCC2)C1. The van der Waals surface area contributed by atoms with Crippen LogP contribution in [0.15, 0.2) is 18.2 Å².